The minimum Gasteiger partial charge on any atom is -0.493 e. The maximum atomic E-state index is 12.7. The molecule has 0 saturated carbocycles. The van der Waals surface area contributed by atoms with E-state index in [0.29, 0.717) is 23.3 Å². The Hall–Kier alpha value is -3.12. The standard InChI is InChI=1S/C26H29NO2/c1-8-13-29-23-12-9-17(4)19(6)25(23)26(24(16(2)3)20(7)28)22-11-10-21(15-27)14-18(22)5/h9-12,14H,2,8,13H2,1,3-7H3/b26-24+. The summed E-state index contributed by atoms with van der Waals surface area (Å²) in [4.78, 5) is 12.7. The van der Waals surface area contributed by atoms with Crippen LogP contribution in [-0.4, -0.2) is 12.4 Å². The molecule has 2 aromatic carbocycles. The van der Waals surface area contributed by atoms with Crippen molar-refractivity contribution in [2.24, 2.45) is 0 Å². The molecule has 0 N–H and O–H groups in total. The van der Waals surface area contributed by atoms with Crippen LogP contribution in [0.25, 0.3) is 5.57 Å². The van der Waals surface area contributed by atoms with Crippen molar-refractivity contribution in [3.8, 4) is 11.8 Å². The molecule has 3 nitrogen and oxygen atoms in total. The number of nitriles is 1. The van der Waals surface area contributed by atoms with Crippen molar-refractivity contribution in [2.75, 3.05) is 6.61 Å². The number of hydrogen-bond acceptors (Lipinski definition) is 3. The molecule has 0 spiro atoms. The van der Waals surface area contributed by atoms with Crippen LogP contribution in [0.3, 0.4) is 0 Å². The van der Waals surface area contributed by atoms with Gasteiger partial charge in [-0.3, -0.25) is 4.79 Å². The average molecular weight is 388 g/mol. The number of carbonyl (C=O) groups excluding carboxylic acids is 1. The average Bonchev–Trinajstić information content (AvgIpc) is 2.67. The third-order valence-corrected chi connectivity index (χ3v) is 5.06. The first-order valence-corrected chi connectivity index (χ1v) is 9.88. The highest BCUT2D eigenvalue weighted by atomic mass is 16.5. The number of nitrogens with zero attached hydrogens (tertiary/aromatic N) is 1. The summed E-state index contributed by atoms with van der Waals surface area (Å²) in [5.74, 6) is 0.715. The van der Waals surface area contributed by atoms with Crippen LogP contribution in [0.15, 0.2) is 48.1 Å². The van der Waals surface area contributed by atoms with E-state index in [0.717, 1.165) is 45.6 Å². The SMILES string of the molecule is C=C(C)/C(C(C)=O)=C(/c1ccc(C#N)cc1C)c1c(OCCC)ccc(C)c1C. The fraction of sp³-hybridized carbons (Fsp3) is 0.308. The fourth-order valence-corrected chi connectivity index (χ4v) is 3.53. The molecule has 0 radical (unpaired) electrons. The molecule has 0 heterocycles. The highest BCUT2D eigenvalue weighted by molar-refractivity contribution is 6.09. The molecule has 2 aromatic rings. The molecular weight excluding hydrogens is 358 g/mol. The first-order chi connectivity index (χ1) is 13.7. The number of benzene rings is 2. The normalized spacial score (nSPS) is 11.5. The molecule has 3 heteroatoms. The quantitative estimate of drug-likeness (QED) is 0.417. The Balaban J connectivity index is 3.00. The Morgan fingerprint density at radius 2 is 1.79 bits per heavy atom. The van der Waals surface area contributed by atoms with Gasteiger partial charge in [0.15, 0.2) is 5.78 Å². The van der Waals surface area contributed by atoms with Crippen molar-refractivity contribution >= 4 is 11.4 Å². The van der Waals surface area contributed by atoms with Gasteiger partial charge in [0.05, 0.1) is 18.2 Å². The van der Waals surface area contributed by atoms with Crippen molar-refractivity contribution in [3.63, 3.8) is 0 Å². The second kappa shape index (κ2) is 9.39. The van der Waals surface area contributed by atoms with Gasteiger partial charge in [-0.2, -0.15) is 5.26 Å². The van der Waals surface area contributed by atoms with E-state index in [1.807, 2.05) is 38.1 Å². The third-order valence-electron chi connectivity index (χ3n) is 5.06. The van der Waals surface area contributed by atoms with Gasteiger partial charge < -0.3 is 4.74 Å². The zero-order chi connectivity index (χ0) is 21.7. The first kappa shape index (κ1) is 22.2. The highest BCUT2D eigenvalue weighted by Crippen LogP contribution is 2.40. The van der Waals surface area contributed by atoms with E-state index in [-0.39, 0.29) is 5.78 Å². The lowest BCUT2D eigenvalue weighted by Gasteiger charge is -2.23. The van der Waals surface area contributed by atoms with Gasteiger partial charge in [0, 0.05) is 16.7 Å². The van der Waals surface area contributed by atoms with Gasteiger partial charge >= 0.3 is 0 Å². The first-order valence-electron chi connectivity index (χ1n) is 9.88. The van der Waals surface area contributed by atoms with E-state index < -0.39 is 0 Å². The van der Waals surface area contributed by atoms with E-state index in [1.165, 1.54) is 0 Å². The maximum absolute atomic E-state index is 12.7. The van der Waals surface area contributed by atoms with Crippen molar-refractivity contribution in [1.82, 2.24) is 0 Å². The Kier molecular flexibility index (Phi) is 7.18. The van der Waals surface area contributed by atoms with Crippen molar-refractivity contribution in [2.45, 2.75) is 48.0 Å². The summed E-state index contributed by atoms with van der Waals surface area (Å²) in [5, 5.41) is 9.27. The maximum Gasteiger partial charge on any atom is 0.160 e. The van der Waals surface area contributed by atoms with Crippen molar-refractivity contribution in [3.05, 3.63) is 81.4 Å². The monoisotopic (exact) mass is 387 g/mol. The summed E-state index contributed by atoms with van der Waals surface area (Å²) >= 11 is 0. The summed E-state index contributed by atoms with van der Waals surface area (Å²) in [6.07, 6.45) is 0.890. The highest BCUT2D eigenvalue weighted by Gasteiger charge is 2.23. The lowest BCUT2D eigenvalue weighted by Crippen LogP contribution is -2.09. The molecule has 0 amide bonds. The summed E-state index contributed by atoms with van der Waals surface area (Å²) in [5.41, 5.74) is 7.65. The molecule has 0 atom stereocenters. The molecule has 0 aliphatic heterocycles. The molecule has 0 saturated heterocycles. The topological polar surface area (TPSA) is 50.1 Å². The van der Waals surface area contributed by atoms with E-state index in [2.05, 4.69) is 33.4 Å². The Bertz CT molecular complexity index is 1020. The van der Waals surface area contributed by atoms with Crippen LogP contribution in [0.5, 0.6) is 5.75 Å². The minimum absolute atomic E-state index is 0.0430. The number of ether oxygens (including phenoxy) is 1. The predicted octanol–water partition coefficient (Wildman–Crippen LogP) is 6.24. The van der Waals surface area contributed by atoms with Crippen LogP contribution >= 0.6 is 0 Å². The van der Waals surface area contributed by atoms with Gasteiger partial charge in [-0.05, 0) is 87.1 Å². The molecule has 0 bridgehead atoms. The van der Waals surface area contributed by atoms with Gasteiger partial charge in [0.25, 0.3) is 0 Å². The van der Waals surface area contributed by atoms with Gasteiger partial charge in [0.2, 0.25) is 0 Å². The zero-order valence-corrected chi connectivity index (χ0v) is 18.3. The largest absolute Gasteiger partial charge is 0.493 e. The van der Waals surface area contributed by atoms with Gasteiger partial charge in [-0.1, -0.05) is 25.6 Å². The van der Waals surface area contributed by atoms with E-state index >= 15 is 0 Å². The Morgan fingerprint density at radius 3 is 2.31 bits per heavy atom. The molecule has 0 unspecified atom stereocenters. The van der Waals surface area contributed by atoms with Crippen LogP contribution in [0.1, 0.15) is 60.6 Å². The molecule has 0 fully saturated rings. The molecule has 0 aromatic heterocycles. The Labute approximate surface area is 174 Å². The predicted molar refractivity (Wildman–Crippen MR) is 119 cm³/mol. The lowest BCUT2D eigenvalue weighted by atomic mass is 9.83. The van der Waals surface area contributed by atoms with Gasteiger partial charge in [0.1, 0.15) is 5.75 Å². The molecule has 0 aliphatic carbocycles. The van der Waals surface area contributed by atoms with Crippen LogP contribution in [0.2, 0.25) is 0 Å². The number of Topliss-reactive ketones (excluding diaryl/α,β-unsaturated/α-hetero) is 1. The number of rotatable bonds is 7. The number of aryl methyl sites for hydroxylation is 2. The number of allylic oxidation sites excluding steroid dienone is 2. The minimum atomic E-state index is -0.0430. The second-order valence-corrected chi connectivity index (χ2v) is 7.46. The third kappa shape index (κ3) is 4.66. The second-order valence-electron chi connectivity index (χ2n) is 7.46. The lowest BCUT2D eigenvalue weighted by molar-refractivity contribution is -0.113. The summed E-state index contributed by atoms with van der Waals surface area (Å²) in [7, 11) is 0. The summed E-state index contributed by atoms with van der Waals surface area (Å²) in [6, 6.07) is 11.8. The smallest absolute Gasteiger partial charge is 0.160 e. The number of carbonyl (C=O) groups is 1. The van der Waals surface area contributed by atoms with Crippen LogP contribution in [0.4, 0.5) is 0 Å². The van der Waals surface area contributed by atoms with E-state index in [1.54, 1.807) is 13.0 Å². The summed E-state index contributed by atoms with van der Waals surface area (Å²) < 4.78 is 6.09. The van der Waals surface area contributed by atoms with Crippen LogP contribution < -0.4 is 4.74 Å². The van der Waals surface area contributed by atoms with Crippen molar-refractivity contribution < 1.29 is 9.53 Å². The fourth-order valence-electron chi connectivity index (χ4n) is 3.53. The number of ketones is 1. The van der Waals surface area contributed by atoms with Gasteiger partial charge in [-0.15, -0.1) is 0 Å². The molecule has 0 aliphatic rings. The summed E-state index contributed by atoms with van der Waals surface area (Å²) in [6.45, 7) is 16.2. The molecule has 2 rings (SSSR count). The zero-order valence-electron chi connectivity index (χ0n) is 18.3. The number of hydrogen-bond donors (Lipinski definition) is 0. The van der Waals surface area contributed by atoms with Crippen molar-refractivity contribution in [1.29, 1.82) is 5.26 Å². The van der Waals surface area contributed by atoms with Crippen LogP contribution in [0, 0.1) is 32.1 Å². The van der Waals surface area contributed by atoms with E-state index in [9.17, 15) is 10.1 Å². The Morgan fingerprint density at radius 1 is 1.10 bits per heavy atom. The van der Waals surface area contributed by atoms with E-state index in [4.69, 9.17) is 4.74 Å². The molecular formula is C26H29NO2. The van der Waals surface area contributed by atoms with Crippen LogP contribution in [-0.2, 0) is 4.79 Å². The van der Waals surface area contributed by atoms with Gasteiger partial charge in [-0.25, -0.2) is 0 Å². The molecule has 150 valence electrons. The molecule has 29 heavy (non-hydrogen) atoms.